The molecule has 1 aromatic heterocycles. The van der Waals surface area contributed by atoms with Crippen LogP contribution in [0, 0.1) is 5.41 Å². The highest BCUT2D eigenvalue weighted by Crippen LogP contribution is 2.33. The lowest BCUT2D eigenvalue weighted by atomic mass is 9.96. The van der Waals surface area contributed by atoms with Gasteiger partial charge in [-0.25, -0.2) is 0 Å². The second kappa shape index (κ2) is 7.67. The maximum absolute atomic E-state index is 12.0. The van der Waals surface area contributed by atoms with E-state index in [0.29, 0.717) is 28.5 Å². The minimum atomic E-state index is -0.536. The van der Waals surface area contributed by atoms with Crippen LogP contribution < -0.4 is 15.4 Å². The zero-order valence-electron chi connectivity index (χ0n) is 14.7. The number of aliphatic hydroxyl groups is 1. The van der Waals surface area contributed by atoms with Crippen LogP contribution in [0.3, 0.4) is 0 Å². The predicted molar refractivity (Wildman–Crippen MR) is 100 cm³/mol. The Morgan fingerprint density at radius 3 is 2.56 bits per heavy atom. The van der Waals surface area contributed by atoms with E-state index in [0.717, 1.165) is 0 Å². The fourth-order valence-corrected chi connectivity index (χ4v) is 2.25. The van der Waals surface area contributed by atoms with Gasteiger partial charge >= 0.3 is 0 Å². The Morgan fingerprint density at radius 2 is 2.00 bits per heavy atom. The van der Waals surface area contributed by atoms with Crippen LogP contribution in [0.1, 0.15) is 26.5 Å². The summed E-state index contributed by atoms with van der Waals surface area (Å²) in [6, 6.07) is 8.81. The molecule has 0 aliphatic carbocycles. The number of anilines is 1. The van der Waals surface area contributed by atoms with E-state index in [1.807, 2.05) is 20.8 Å². The average molecular weight is 362 g/mol. The van der Waals surface area contributed by atoms with Crippen molar-refractivity contribution in [2.75, 3.05) is 12.4 Å². The molecule has 0 spiro atoms. The van der Waals surface area contributed by atoms with Gasteiger partial charge in [-0.2, -0.15) is 0 Å². The van der Waals surface area contributed by atoms with E-state index in [4.69, 9.17) is 26.5 Å². The van der Waals surface area contributed by atoms with Gasteiger partial charge in [0.15, 0.2) is 5.11 Å². The molecule has 6 nitrogen and oxygen atoms in total. The Hall–Kier alpha value is -2.38. The third kappa shape index (κ3) is 4.80. The van der Waals surface area contributed by atoms with E-state index in [1.54, 1.807) is 37.4 Å². The molecular formula is C18H22N2O4S. The highest BCUT2D eigenvalue weighted by atomic mass is 32.1. The normalized spacial score (nSPS) is 11.1. The van der Waals surface area contributed by atoms with Crippen LogP contribution >= 0.6 is 12.2 Å². The molecule has 1 aromatic carbocycles. The molecule has 0 saturated carbocycles. The van der Waals surface area contributed by atoms with Crippen LogP contribution in [0.5, 0.6) is 5.75 Å². The Balaban J connectivity index is 2.21. The molecule has 1 heterocycles. The molecule has 0 atom stereocenters. The number of carbonyl (C=O) groups excluding carboxylic acids is 1. The van der Waals surface area contributed by atoms with Gasteiger partial charge in [0.1, 0.15) is 23.9 Å². The van der Waals surface area contributed by atoms with E-state index in [2.05, 4.69) is 10.6 Å². The maximum atomic E-state index is 12.0. The van der Waals surface area contributed by atoms with Crippen molar-refractivity contribution in [1.82, 2.24) is 5.32 Å². The number of hydrogen-bond donors (Lipinski definition) is 3. The third-order valence-electron chi connectivity index (χ3n) is 3.45. The first-order valence-corrected chi connectivity index (χ1v) is 8.16. The summed E-state index contributed by atoms with van der Waals surface area (Å²) in [4.78, 5) is 12.0. The fraction of sp³-hybridized carbons (Fsp3) is 0.333. The minimum Gasteiger partial charge on any atom is -0.496 e. The maximum Gasteiger partial charge on any atom is 0.231 e. The van der Waals surface area contributed by atoms with Crippen molar-refractivity contribution in [3.8, 4) is 17.1 Å². The molecule has 0 radical (unpaired) electrons. The Morgan fingerprint density at radius 1 is 1.28 bits per heavy atom. The largest absolute Gasteiger partial charge is 0.496 e. The molecule has 2 rings (SSSR count). The first-order chi connectivity index (χ1) is 11.7. The molecule has 1 amide bonds. The summed E-state index contributed by atoms with van der Waals surface area (Å²) in [6.45, 7) is 5.26. The summed E-state index contributed by atoms with van der Waals surface area (Å²) in [6.07, 6.45) is 0. The second-order valence-corrected chi connectivity index (χ2v) is 6.91. The zero-order chi connectivity index (χ0) is 18.6. The number of aliphatic hydroxyl groups excluding tert-OH is 1. The van der Waals surface area contributed by atoms with Crippen LogP contribution in [0.4, 0.5) is 5.69 Å². The number of methoxy groups -OCH3 is 1. The SMILES string of the molecule is COc1ccc(NC(=S)NC(=O)C(C)(C)C)cc1-c1ccc(CO)o1. The van der Waals surface area contributed by atoms with E-state index < -0.39 is 5.41 Å². The highest BCUT2D eigenvalue weighted by molar-refractivity contribution is 7.80. The van der Waals surface area contributed by atoms with Gasteiger partial charge in [0.05, 0.1) is 12.7 Å². The van der Waals surface area contributed by atoms with Crippen LogP contribution in [0.15, 0.2) is 34.7 Å². The van der Waals surface area contributed by atoms with Crippen molar-refractivity contribution >= 4 is 28.9 Å². The molecule has 0 fully saturated rings. The molecule has 0 aliphatic heterocycles. The molecule has 134 valence electrons. The molecular weight excluding hydrogens is 340 g/mol. The van der Waals surface area contributed by atoms with Crippen molar-refractivity contribution in [3.63, 3.8) is 0 Å². The molecule has 7 heteroatoms. The summed E-state index contributed by atoms with van der Waals surface area (Å²) < 4.78 is 10.9. The van der Waals surface area contributed by atoms with Gasteiger partial charge in [-0.15, -0.1) is 0 Å². The Kier molecular flexibility index (Phi) is 5.81. The van der Waals surface area contributed by atoms with Crippen molar-refractivity contribution in [2.24, 2.45) is 5.41 Å². The zero-order valence-corrected chi connectivity index (χ0v) is 15.5. The highest BCUT2D eigenvalue weighted by Gasteiger charge is 2.22. The lowest BCUT2D eigenvalue weighted by molar-refractivity contribution is -0.126. The van der Waals surface area contributed by atoms with Gasteiger partial charge in [0.2, 0.25) is 5.91 Å². The number of furan rings is 1. The standard InChI is InChI=1S/C18H22N2O4S/c1-18(2,3)16(22)20-17(25)19-11-5-7-14(23-4)13(9-11)15-8-6-12(10-21)24-15/h5-9,21H,10H2,1-4H3,(H2,19,20,22,25). The number of hydrogen-bond acceptors (Lipinski definition) is 5. The number of amides is 1. The average Bonchev–Trinajstić information content (AvgIpc) is 3.02. The van der Waals surface area contributed by atoms with E-state index in [-0.39, 0.29) is 17.6 Å². The fourth-order valence-electron chi connectivity index (χ4n) is 2.04. The molecule has 0 aliphatic rings. The van der Waals surface area contributed by atoms with Crippen LogP contribution in [-0.4, -0.2) is 23.2 Å². The predicted octanol–water partition coefficient (Wildman–Crippen LogP) is 3.31. The quantitative estimate of drug-likeness (QED) is 0.724. The first kappa shape index (κ1) is 19.0. The summed E-state index contributed by atoms with van der Waals surface area (Å²) in [7, 11) is 1.57. The van der Waals surface area contributed by atoms with Crippen molar-refractivity contribution in [3.05, 3.63) is 36.1 Å². The number of thiocarbonyl (C=S) groups is 1. The monoisotopic (exact) mass is 362 g/mol. The molecule has 0 unspecified atom stereocenters. The van der Waals surface area contributed by atoms with E-state index in [1.165, 1.54) is 0 Å². The lowest BCUT2D eigenvalue weighted by Crippen LogP contribution is -2.41. The van der Waals surface area contributed by atoms with E-state index in [9.17, 15) is 4.79 Å². The molecule has 2 aromatic rings. The first-order valence-electron chi connectivity index (χ1n) is 7.75. The summed E-state index contributed by atoms with van der Waals surface area (Å²) in [5, 5.41) is 15.0. The van der Waals surface area contributed by atoms with Crippen LogP contribution in [-0.2, 0) is 11.4 Å². The van der Waals surface area contributed by atoms with Gasteiger partial charge in [-0.05, 0) is 42.5 Å². The minimum absolute atomic E-state index is 0.169. The lowest BCUT2D eigenvalue weighted by Gasteiger charge is -2.19. The van der Waals surface area contributed by atoms with Gasteiger partial charge in [0, 0.05) is 11.1 Å². The van der Waals surface area contributed by atoms with E-state index >= 15 is 0 Å². The number of nitrogens with one attached hydrogen (secondary N) is 2. The Bertz CT molecular complexity index is 778. The van der Waals surface area contributed by atoms with Crippen LogP contribution in [0.25, 0.3) is 11.3 Å². The number of ether oxygens (including phenoxy) is 1. The summed E-state index contributed by atoms with van der Waals surface area (Å²) >= 11 is 5.19. The van der Waals surface area contributed by atoms with Gasteiger partial charge in [-0.1, -0.05) is 20.8 Å². The molecule has 0 saturated heterocycles. The molecule has 3 N–H and O–H groups in total. The molecule has 0 bridgehead atoms. The van der Waals surface area contributed by atoms with Gasteiger partial charge in [0.25, 0.3) is 0 Å². The number of benzene rings is 1. The van der Waals surface area contributed by atoms with Crippen molar-refractivity contribution in [2.45, 2.75) is 27.4 Å². The van der Waals surface area contributed by atoms with Crippen LogP contribution in [0.2, 0.25) is 0 Å². The topological polar surface area (TPSA) is 83.7 Å². The van der Waals surface area contributed by atoms with Crippen molar-refractivity contribution < 1.29 is 19.1 Å². The third-order valence-corrected chi connectivity index (χ3v) is 3.65. The smallest absolute Gasteiger partial charge is 0.231 e. The van der Waals surface area contributed by atoms with Gasteiger partial charge in [-0.3, -0.25) is 4.79 Å². The Labute approximate surface area is 152 Å². The summed E-state index contributed by atoms with van der Waals surface area (Å²) in [5.41, 5.74) is 0.847. The van der Waals surface area contributed by atoms with Gasteiger partial charge < -0.3 is 24.9 Å². The number of carbonyl (C=O) groups is 1. The van der Waals surface area contributed by atoms with Crippen molar-refractivity contribution in [1.29, 1.82) is 0 Å². The second-order valence-electron chi connectivity index (χ2n) is 6.50. The number of rotatable bonds is 4. The molecule has 25 heavy (non-hydrogen) atoms. The summed E-state index contributed by atoms with van der Waals surface area (Å²) in [5.74, 6) is 1.48.